The lowest BCUT2D eigenvalue weighted by molar-refractivity contribution is 0.625. The van der Waals surface area contributed by atoms with Gasteiger partial charge < -0.3 is 4.90 Å². The molecule has 0 saturated carbocycles. The molecule has 2 aromatic rings. The summed E-state index contributed by atoms with van der Waals surface area (Å²) in [7, 11) is 1.94. The lowest BCUT2D eigenvalue weighted by Gasteiger charge is -2.19. The third kappa shape index (κ3) is 3.07. The summed E-state index contributed by atoms with van der Waals surface area (Å²) in [5, 5.41) is 0. The number of halogens is 2. The molecule has 0 aliphatic rings. The molecular weight excluding hydrogens is 295 g/mol. The Morgan fingerprint density at radius 2 is 2.11 bits per heavy atom. The van der Waals surface area contributed by atoms with Crippen molar-refractivity contribution in [3.8, 4) is 0 Å². The Labute approximate surface area is 115 Å². The second-order valence-electron chi connectivity index (χ2n) is 4.30. The first-order chi connectivity index (χ1) is 8.56. The van der Waals surface area contributed by atoms with E-state index in [0.29, 0.717) is 6.54 Å². The highest BCUT2D eigenvalue weighted by atomic mass is 79.9. The van der Waals surface area contributed by atoms with Crippen molar-refractivity contribution < 1.29 is 4.39 Å². The quantitative estimate of drug-likeness (QED) is 0.854. The molecule has 2 rings (SSSR count). The Balaban J connectivity index is 2.19. The van der Waals surface area contributed by atoms with E-state index in [0.717, 1.165) is 21.4 Å². The zero-order valence-corrected chi connectivity index (χ0v) is 11.9. The third-order valence-electron chi connectivity index (χ3n) is 2.63. The van der Waals surface area contributed by atoms with E-state index in [1.54, 1.807) is 12.1 Å². The van der Waals surface area contributed by atoms with Crippen LogP contribution in [0, 0.1) is 12.7 Å². The first kappa shape index (κ1) is 13.0. The molecule has 0 spiro atoms. The Morgan fingerprint density at radius 3 is 2.78 bits per heavy atom. The summed E-state index contributed by atoms with van der Waals surface area (Å²) in [4.78, 5) is 6.37. The van der Waals surface area contributed by atoms with Crippen molar-refractivity contribution in [2.24, 2.45) is 0 Å². The first-order valence-corrected chi connectivity index (χ1v) is 6.43. The fourth-order valence-corrected chi connectivity index (χ4v) is 2.56. The van der Waals surface area contributed by atoms with Crippen LogP contribution >= 0.6 is 15.9 Å². The summed E-state index contributed by atoms with van der Waals surface area (Å²) >= 11 is 3.50. The molecule has 0 bridgehead atoms. The van der Waals surface area contributed by atoms with Gasteiger partial charge in [0.25, 0.3) is 0 Å². The van der Waals surface area contributed by atoms with Crippen molar-refractivity contribution in [2.75, 3.05) is 11.9 Å². The van der Waals surface area contributed by atoms with E-state index in [9.17, 15) is 4.39 Å². The molecular formula is C14H14BrFN2. The summed E-state index contributed by atoms with van der Waals surface area (Å²) < 4.78 is 14.1. The molecule has 0 saturated heterocycles. The predicted molar refractivity (Wildman–Crippen MR) is 75.2 cm³/mol. The zero-order valence-electron chi connectivity index (χ0n) is 10.3. The number of rotatable bonds is 3. The minimum Gasteiger partial charge on any atom is -0.354 e. The van der Waals surface area contributed by atoms with Crippen molar-refractivity contribution in [2.45, 2.75) is 13.5 Å². The molecule has 0 unspecified atom stereocenters. The molecule has 1 aromatic heterocycles. The van der Waals surface area contributed by atoms with Gasteiger partial charge in [-0.25, -0.2) is 9.37 Å². The van der Waals surface area contributed by atoms with Gasteiger partial charge in [-0.05, 0) is 52.2 Å². The highest BCUT2D eigenvalue weighted by Gasteiger charge is 2.08. The van der Waals surface area contributed by atoms with Crippen LogP contribution in [0.5, 0.6) is 0 Å². The summed E-state index contributed by atoms with van der Waals surface area (Å²) in [5.41, 5.74) is 2.02. The standard InChI is InChI=1S/C14H14BrFN2/c1-10-6-13(15)14(17-8-10)18(2)9-11-4-3-5-12(16)7-11/h3-8H,9H2,1-2H3. The number of hydrogen-bond donors (Lipinski definition) is 0. The Bertz CT molecular complexity index is 557. The molecule has 0 radical (unpaired) electrons. The number of pyridine rings is 1. The molecule has 2 nitrogen and oxygen atoms in total. The maximum atomic E-state index is 13.1. The van der Waals surface area contributed by atoms with E-state index in [1.807, 2.05) is 37.2 Å². The molecule has 0 fully saturated rings. The van der Waals surface area contributed by atoms with Gasteiger partial charge >= 0.3 is 0 Å². The Hall–Kier alpha value is -1.42. The number of benzene rings is 1. The molecule has 0 aliphatic heterocycles. The van der Waals surface area contributed by atoms with Crippen LogP contribution in [0.1, 0.15) is 11.1 Å². The lowest BCUT2D eigenvalue weighted by atomic mass is 10.2. The van der Waals surface area contributed by atoms with Gasteiger partial charge in [-0.3, -0.25) is 0 Å². The van der Waals surface area contributed by atoms with Crippen molar-refractivity contribution in [1.29, 1.82) is 0 Å². The van der Waals surface area contributed by atoms with Gasteiger partial charge in [-0.15, -0.1) is 0 Å². The molecule has 0 aliphatic carbocycles. The minimum absolute atomic E-state index is 0.211. The summed E-state index contributed by atoms with van der Waals surface area (Å²) in [6, 6.07) is 8.63. The van der Waals surface area contributed by atoms with Crippen molar-refractivity contribution in [1.82, 2.24) is 4.98 Å². The number of nitrogens with zero attached hydrogens (tertiary/aromatic N) is 2. The summed E-state index contributed by atoms with van der Waals surface area (Å²) in [6.07, 6.45) is 1.82. The maximum Gasteiger partial charge on any atom is 0.142 e. The van der Waals surface area contributed by atoms with Crippen LogP contribution in [0.4, 0.5) is 10.2 Å². The van der Waals surface area contributed by atoms with Crippen molar-refractivity contribution >= 4 is 21.7 Å². The maximum absolute atomic E-state index is 13.1. The van der Waals surface area contributed by atoms with E-state index in [2.05, 4.69) is 20.9 Å². The van der Waals surface area contributed by atoms with Crippen LogP contribution in [0.25, 0.3) is 0 Å². The third-order valence-corrected chi connectivity index (χ3v) is 3.21. The number of aryl methyl sites for hydroxylation is 1. The molecule has 1 aromatic carbocycles. The van der Waals surface area contributed by atoms with Crippen molar-refractivity contribution in [3.05, 3.63) is 57.9 Å². The predicted octanol–water partition coefficient (Wildman–Crippen LogP) is 3.93. The second kappa shape index (κ2) is 5.48. The monoisotopic (exact) mass is 308 g/mol. The minimum atomic E-state index is -0.211. The van der Waals surface area contributed by atoms with Crippen LogP contribution in [0.3, 0.4) is 0 Å². The van der Waals surface area contributed by atoms with Gasteiger partial charge in [0, 0.05) is 19.8 Å². The van der Waals surface area contributed by atoms with Gasteiger partial charge in [0.15, 0.2) is 0 Å². The largest absolute Gasteiger partial charge is 0.354 e. The fraction of sp³-hybridized carbons (Fsp3) is 0.214. The second-order valence-corrected chi connectivity index (χ2v) is 5.16. The average molecular weight is 309 g/mol. The van der Waals surface area contributed by atoms with Crippen LogP contribution in [0.2, 0.25) is 0 Å². The van der Waals surface area contributed by atoms with Crippen molar-refractivity contribution in [3.63, 3.8) is 0 Å². The van der Waals surface area contributed by atoms with Gasteiger partial charge in [-0.1, -0.05) is 12.1 Å². The Morgan fingerprint density at radius 1 is 1.33 bits per heavy atom. The van der Waals surface area contributed by atoms with Crippen LogP contribution in [-0.2, 0) is 6.54 Å². The molecule has 0 amide bonds. The summed E-state index contributed by atoms with van der Waals surface area (Å²) in [6.45, 7) is 2.61. The average Bonchev–Trinajstić information content (AvgIpc) is 2.28. The first-order valence-electron chi connectivity index (χ1n) is 5.64. The molecule has 0 atom stereocenters. The van der Waals surface area contributed by atoms with Gasteiger partial charge in [-0.2, -0.15) is 0 Å². The summed E-state index contributed by atoms with van der Waals surface area (Å²) in [5.74, 6) is 0.640. The number of anilines is 1. The van der Waals surface area contributed by atoms with Crippen LogP contribution in [-0.4, -0.2) is 12.0 Å². The van der Waals surface area contributed by atoms with Gasteiger partial charge in [0.1, 0.15) is 11.6 Å². The van der Waals surface area contributed by atoms with E-state index in [1.165, 1.54) is 6.07 Å². The van der Waals surface area contributed by atoms with Gasteiger partial charge in [0.05, 0.1) is 4.47 Å². The molecule has 1 heterocycles. The van der Waals surface area contributed by atoms with E-state index >= 15 is 0 Å². The highest BCUT2D eigenvalue weighted by molar-refractivity contribution is 9.10. The number of hydrogen-bond acceptors (Lipinski definition) is 2. The van der Waals surface area contributed by atoms with E-state index < -0.39 is 0 Å². The van der Waals surface area contributed by atoms with Gasteiger partial charge in [0.2, 0.25) is 0 Å². The Kier molecular flexibility index (Phi) is 3.97. The van der Waals surface area contributed by atoms with Crippen LogP contribution in [0.15, 0.2) is 41.0 Å². The topological polar surface area (TPSA) is 16.1 Å². The SMILES string of the molecule is Cc1cnc(N(C)Cc2cccc(F)c2)c(Br)c1. The molecule has 18 heavy (non-hydrogen) atoms. The normalized spacial score (nSPS) is 10.4. The fourth-order valence-electron chi connectivity index (χ4n) is 1.79. The number of aromatic nitrogens is 1. The van der Waals surface area contributed by atoms with E-state index in [-0.39, 0.29) is 5.82 Å². The van der Waals surface area contributed by atoms with Crippen LogP contribution < -0.4 is 4.90 Å². The lowest BCUT2D eigenvalue weighted by Crippen LogP contribution is -2.18. The highest BCUT2D eigenvalue weighted by Crippen LogP contribution is 2.24. The molecule has 94 valence electrons. The molecule has 0 N–H and O–H groups in total. The zero-order chi connectivity index (χ0) is 13.1. The van der Waals surface area contributed by atoms with E-state index in [4.69, 9.17) is 0 Å². The molecule has 4 heteroatoms. The smallest absolute Gasteiger partial charge is 0.142 e.